The smallest absolute Gasteiger partial charge is 0.356 e. The van der Waals surface area contributed by atoms with Crippen LogP contribution in [0.3, 0.4) is 0 Å². The fraction of sp³-hybridized carbons (Fsp3) is 0. The number of hydrogen-bond acceptors (Lipinski definition) is 18. The molecular weight excluding hydrogens is 538 g/mol. The van der Waals surface area contributed by atoms with Crippen molar-refractivity contribution < 1.29 is 66.1 Å². The van der Waals surface area contributed by atoms with Gasteiger partial charge in [-0.1, -0.05) is 0 Å². The SMILES string of the molecule is O=[N+]([O-])[O-].O=[N+]([O-])[O-].O=[N+]([O-])[O-].O=[N+]([O-])[O-].O=[N+]([O-])[O-].O=[N+]([O-])[O-].[Al+3].[La+3]. The van der Waals surface area contributed by atoms with Gasteiger partial charge >= 0.3 is 53.0 Å². The zero-order valence-corrected chi connectivity index (χ0v) is 16.0. The molecule has 0 N–H and O–H groups in total. The maximum atomic E-state index is 8.25. The summed E-state index contributed by atoms with van der Waals surface area (Å²) >= 11 is 0. The summed E-state index contributed by atoms with van der Waals surface area (Å²) in [5.74, 6) is 0. The molecule has 0 rings (SSSR count). The molecule has 0 amide bonds. The molecule has 0 aromatic rings. The zero-order valence-electron chi connectivity index (χ0n) is 11.2. The molecule has 0 spiro atoms. The van der Waals surface area contributed by atoms with E-state index >= 15 is 0 Å². The van der Waals surface area contributed by atoms with E-state index in [4.69, 9.17) is 91.9 Å². The first-order valence-corrected chi connectivity index (χ1v) is 3.29. The van der Waals surface area contributed by atoms with Crippen molar-refractivity contribution in [3.05, 3.63) is 91.9 Å². The Hall–Kier alpha value is -3.07. The Morgan fingerprint density at radius 2 is 0.308 bits per heavy atom. The van der Waals surface area contributed by atoms with Crippen molar-refractivity contribution in [1.82, 2.24) is 0 Å². The van der Waals surface area contributed by atoms with Crippen LogP contribution in [0.2, 0.25) is 0 Å². The summed E-state index contributed by atoms with van der Waals surface area (Å²) in [6, 6.07) is 0. The van der Waals surface area contributed by atoms with Crippen molar-refractivity contribution in [2.75, 3.05) is 0 Å². The van der Waals surface area contributed by atoms with Gasteiger partial charge < -0.3 is 91.9 Å². The zero-order chi connectivity index (χ0) is 21.5. The minimum atomic E-state index is -1.75. The van der Waals surface area contributed by atoms with Gasteiger partial charge in [0.15, 0.2) is 0 Å². The Labute approximate surface area is 175 Å². The molecule has 26 heavy (non-hydrogen) atoms. The van der Waals surface area contributed by atoms with Gasteiger partial charge in [0, 0.05) is 0 Å². The van der Waals surface area contributed by atoms with Gasteiger partial charge in [0.2, 0.25) is 0 Å². The number of rotatable bonds is 0. The molecule has 0 bridgehead atoms. The molecule has 24 nitrogen and oxygen atoms in total. The largest absolute Gasteiger partial charge is 3.00 e. The maximum Gasteiger partial charge on any atom is 3.00 e. The second-order valence-electron chi connectivity index (χ2n) is 1.34. The van der Waals surface area contributed by atoms with Crippen molar-refractivity contribution in [2.24, 2.45) is 0 Å². The molecule has 144 valence electrons. The predicted molar refractivity (Wildman–Crippen MR) is 67.9 cm³/mol. The topological polar surface area (TPSA) is 397 Å². The van der Waals surface area contributed by atoms with E-state index in [0.29, 0.717) is 0 Å². The van der Waals surface area contributed by atoms with Crippen LogP contribution in [0.1, 0.15) is 0 Å². The fourth-order valence-corrected chi connectivity index (χ4v) is 0. The minimum absolute atomic E-state index is 0. The second-order valence-corrected chi connectivity index (χ2v) is 1.34. The van der Waals surface area contributed by atoms with Gasteiger partial charge in [0.1, 0.15) is 0 Å². The standard InChI is InChI=1S/Al.La.6NO3/c;;6*2-1(3)4/q2*+3;6*-1. The molecular formula is AlLaN6O18. The summed E-state index contributed by atoms with van der Waals surface area (Å²) in [5.41, 5.74) is 0. The van der Waals surface area contributed by atoms with Gasteiger partial charge in [-0.05, 0) is 0 Å². The Balaban J connectivity index is -0.0000000245. The van der Waals surface area contributed by atoms with Crippen LogP contribution in [0, 0.1) is 128 Å². The van der Waals surface area contributed by atoms with Gasteiger partial charge in [-0.15, -0.1) is 0 Å². The average Bonchev–Trinajstić information content (AvgIpc) is 2.08. The Morgan fingerprint density at radius 3 is 0.308 bits per heavy atom. The third kappa shape index (κ3) is 880. The number of nitrogens with zero attached hydrogens (tertiary/aromatic N) is 6. The van der Waals surface area contributed by atoms with Crippen LogP contribution in [0.25, 0.3) is 0 Å². The Morgan fingerprint density at radius 1 is 0.308 bits per heavy atom. The van der Waals surface area contributed by atoms with E-state index in [0.717, 1.165) is 0 Å². The molecule has 0 aromatic carbocycles. The van der Waals surface area contributed by atoms with E-state index in [1.54, 1.807) is 0 Å². The van der Waals surface area contributed by atoms with Crippen molar-refractivity contribution in [3.63, 3.8) is 0 Å². The van der Waals surface area contributed by atoms with Gasteiger partial charge in [-0.25, -0.2) is 0 Å². The first kappa shape index (κ1) is 49.5. The molecule has 0 saturated carbocycles. The Kier molecular flexibility index (Phi) is 82.0. The monoisotopic (exact) mass is 538 g/mol. The van der Waals surface area contributed by atoms with Crippen LogP contribution < -0.4 is 0 Å². The molecule has 0 unspecified atom stereocenters. The van der Waals surface area contributed by atoms with E-state index < -0.39 is 30.5 Å². The van der Waals surface area contributed by atoms with Crippen LogP contribution in [-0.4, -0.2) is 47.9 Å². The van der Waals surface area contributed by atoms with E-state index in [1.807, 2.05) is 0 Å². The second kappa shape index (κ2) is 43.1. The summed E-state index contributed by atoms with van der Waals surface area (Å²) in [7, 11) is 0. The molecule has 0 heterocycles. The Bertz CT molecular complexity index is 263. The third-order valence-electron chi connectivity index (χ3n) is 0. The van der Waals surface area contributed by atoms with Crippen molar-refractivity contribution >= 4 is 17.4 Å². The first-order chi connectivity index (χ1) is 10.4. The van der Waals surface area contributed by atoms with Crippen molar-refractivity contribution in [3.8, 4) is 0 Å². The molecule has 0 aliphatic rings. The van der Waals surface area contributed by atoms with Gasteiger partial charge in [-0.3, -0.25) is 0 Å². The first-order valence-electron chi connectivity index (χ1n) is 3.29. The fourth-order valence-electron chi connectivity index (χ4n) is 0. The van der Waals surface area contributed by atoms with Gasteiger partial charge in [0.25, 0.3) is 0 Å². The predicted octanol–water partition coefficient (Wildman–Crippen LogP) is -1.82. The molecule has 0 radical (unpaired) electrons. The minimum Gasteiger partial charge on any atom is -0.356 e. The van der Waals surface area contributed by atoms with Gasteiger partial charge in [0.05, 0.1) is 30.5 Å². The molecule has 0 fully saturated rings. The van der Waals surface area contributed by atoms with E-state index in [2.05, 4.69) is 0 Å². The van der Waals surface area contributed by atoms with Crippen molar-refractivity contribution in [1.29, 1.82) is 0 Å². The van der Waals surface area contributed by atoms with Crippen LogP contribution in [0.4, 0.5) is 0 Å². The maximum absolute atomic E-state index is 8.25. The molecule has 0 atom stereocenters. The van der Waals surface area contributed by atoms with E-state index in [1.165, 1.54) is 0 Å². The van der Waals surface area contributed by atoms with Crippen LogP contribution >= 0.6 is 0 Å². The van der Waals surface area contributed by atoms with Crippen LogP contribution in [0.5, 0.6) is 0 Å². The summed E-state index contributed by atoms with van der Waals surface area (Å²) in [6.07, 6.45) is 0. The summed E-state index contributed by atoms with van der Waals surface area (Å²) < 4.78 is 0. The molecule has 0 aliphatic carbocycles. The van der Waals surface area contributed by atoms with Gasteiger partial charge in [-0.2, -0.15) is 0 Å². The molecule has 0 saturated heterocycles. The van der Waals surface area contributed by atoms with Crippen LogP contribution in [0.15, 0.2) is 0 Å². The van der Waals surface area contributed by atoms with E-state index in [9.17, 15) is 0 Å². The normalized spacial score (nSPS) is 5.54. The van der Waals surface area contributed by atoms with E-state index in [-0.39, 0.29) is 53.0 Å². The summed E-state index contributed by atoms with van der Waals surface area (Å²) in [5, 5.41) is 88.5. The third-order valence-corrected chi connectivity index (χ3v) is 0. The van der Waals surface area contributed by atoms with Crippen LogP contribution in [-0.2, 0) is 0 Å². The molecule has 26 heteroatoms. The molecule has 0 aromatic heterocycles. The summed E-state index contributed by atoms with van der Waals surface area (Å²) in [6.45, 7) is 0. The number of hydrogen-bond donors (Lipinski definition) is 0. The quantitative estimate of drug-likeness (QED) is 0.186. The summed E-state index contributed by atoms with van der Waals surface area (Å²) in [4.78, 5) is 49.5. The molecule has 0 aliphatic heterocycles. The average molecular weight is 538 g/mol. The van der Waals surface area contributed by atoms with Crippen molar-refractivity contribution in [2.45, 2.75) is 0 Å².